The fourth-order valence-corrected chi connectivity index (χ4v) is 1.31. The molecule has 0 radical (unpaired) electrons. The van der Waals surface area contributed by atoms with Crippen molar-refractivity contribution in [3.8, 4) is 0 Å². The lowest BCUT2D eigenvalue weighted by Gasteiger charge is -2.18. The maximum Gasteiger partial charge on any atom is 0.238 e. The monoisotopic (exact) mass is 153 g/mol. The summed E-state index contributed by atoms with van der Waals surface area (Å²) in [5.74, 6) is 1.53. The Morgan fingerprint density at radius 3 is 2.91 bits per heavy atom. The van der Waals surface area contributed by atoms with Crippen LogP contribution in [0.15, 0.2) is 23.7 Å². The third-order valence-corrected chi connectivity index (χ3v) is 1.87. The van der Waals surface area contributed by atoms with E-state index in [0.717, 1.165) is 11.5 Å². The zero-order chi connectivity index (χ0) is 8.06. The molecule has 0 spiro atoms. The molecule has 2 rings (SSSR count). The number of ether oxygens (including phenoxy) is 2. The average Bonchev–Trinajstić information content (AvgIpc) is 2.35. The standard InChI is InChI=1S/C8H11NO2/c1-5-10-6-3-4-8(2,9)7(6)11-5/h3-5H,9H2,1-2H3. The predicted molar refractivity (Wildman–Crippen MR) is 40.4 cm³/mol. The van der Waals surface area contributed by atoms with Gasteiger partial charge < -0.3 is 15.2 Å². The molecule has 0 aromatic carbocycles. The lowest BCUT2D eigenvalue weighted by atomic mass is 10.1. The molecule has 1 heterocycles. The Hall–Kier alpha value is -0.960. The first-order valence-corrected chi connectivity index (χ1v) is 3.66. The van der Waals surface area contributed by atoms with Crippen molar-refractivity contribution in [1.29, 1.82) is 0 Å². The minimum absolute atomic E-state index is 0.187. The number of allylic oxidation sites excluding steroid dienone is 1. The molecule has 0 aromatic heterocycles. The first kappa shape index (κ1) is 6.73. The van der Waals surface area contributed by atoms with Crippen LogP contribution in [-0.2, 0) is 9.47 Å². The summed E-state index contributed by atoms with van der Waals surface area (Å²) in [5, 5.41) is 0. The van der Waals surface area contributed by atoms with E-state index < -0.39 is 5.54 Å². The van der Waals surface area contributed by atoms with E-state index in [1.807, 2.05) is 26.0 Å². The average molecular weight is 153 g/mol. The third kappa shape index (κ3) is 0.844. The normalized spacial score (nSPS) is 40.5. The maximum atomic E-state index is 5.88. The Morgan fingerprint density at radius 1 is 1.55 bits per heavy atom. The first-order valence-electron chi connectivity index (χ1n) is 3.66. The summed E-state index contributed by atoms with van der Waals surface area (Å²) < 4.78 is 10.7. The van der Waals surface area contributed by atoms with E-state index in [4.69, 9.17) is 15.2 Å². The first-order chi connectivity index (χ1) is 5.09. The van der Waals surface area contributed by atoms with Gasteiger partial charge in [-0.15, -0.1) is 0 Å². The Morgan fingerprint density at radius 2 is 2.27 bits per heavy atom. The second-order valence-corrected chi connectivity index (χ2v) is 3.11. The van der Waals surface area contributed by atoms with Crippen LogP contribution in [0.2, 0.25) is 0 Å². The van der Waals surface area contributed by atoms with E-state index in [-0.39, 0.29) is 6.29 Å². The summed E-state index contributed by atoms with van der Waals surface area (Å²) in [6.45, 7) is 3.75. The van der Waals surface area contributed by atoms with E-state index in [1.54, 1.807) is 0 Å². The van der Waals surface area contributed by atoms with Crippen LogP contribution in [0.5, 0.6) is 0 Å². The number of nitrogens with two attached hydrogens (primary N) is 1. The zero-order valence-corrected chi connectivity index (χ0v) is 6.63. The molecule has 1 aliphatic carbocycles. The SMILES string of the molecule is CC1OC2=C(O1)C(C)(N)C=C2. The molecular formula is C8H11NO2. The highest BCUT2D eigenvalue weighted by Gasteiger charge is 2.37. The number of hydrogen-bond donors (Lipinski definition) is 1. The summed E-state index contributed by atoms with van der Waals surface area (Å²) >= 11 is 0. The molecule has 0 aromatic rings. The van der Waals surface area contributed by atoms with E-state index in [2.05, 4.69) is 0 Å². The van der Waals surface area contributed by atoms with Crippen molar-refractivity contribution in [2.45, 2.75) is 25.7 Å². The highest BCUT2D eigenvalue weighted by Crippen LogP contribution is 2.35. The highest BCUT2D eigenvalue weighted by molar-refractivity contribution is 5.39. The van der Waals surface area contributed by atoms with Crippen LogP contribution < -0.4 is 5.73 Å². The van der Waals surface area contributed by atoms with Crippen molar-refractivity contribution < 1.29 is 9.47 Å². The second-order valence-electron chi connectivity index (χ2n) is 3.11. The molecule has 2 atom stereocenters. The van der Waals surface area contributed by atoms with Crippen molar-refractivity contribution in [2.75, 3.05) is 0 Å². The lowest BCUT2D eigenvalue weighted by Crippen LogP contribution is -2.35. The van der Waals surface area contributed by atoms with Crippen molar-refractivity contribution in [3.05, 3.63) is 23.7 Å². The molecule has 1 aliphatic heterocycles. The van der Waals surface area contributed by atoms with Gasteiger partial charge in [0.25, 0.3) is 0 Å². The van der Waals surface area contributed by atoms with E-state index >= 15 is 0 Å². The maximum absolute atomic E-state index is 5.88. The molecule has 2 unspecified atom stereocenters. The minimum Gasteiger partial charge on any atom is -0.453 e. The Kier molecular flexibility index (Phi) is 1.10. The molecule has 3 nitrogen and oxygen atoms in total. The Bertz CT molecular complexity index is 253. The van der Waals surface area contributed by atoms with Gasteiger partial charge in [-0.05, 0) is 13.0 Å². The molecule has 0 saturated carbocycles. The summed E-state index contributed by atoms with van der Waals surface area (Å²) in [6.07, 6.45) is 3.55. The molecule has 0 saturated heterocycles. The summed E-state index contributed by atoms with van der Waals surface area (Å²) in [6, 6.07) is 0. The van der Waals surface area contributed by atoms with Gasteiger partial charge in [-0.1, -0.05) is 6.08 Å². The van der Waals surface area contributed by atoms with Gasteiger partial charge in [0.15, 0.2) is 11.5 Å². The van der Waals surface area contributed by atoms with Crippen molar-refractivity contribution in [3.63, 3.8) is 0 Å². The zero-order valence-electron chi connectivity index (χ0n) is 6.63. The smallest absolute Gasteiger partial charge is 0.238 e. The molecule has 0 fully saturated rings. The van der Waals surface area contributed by atoms with Gasteiger partial charge >= 0.3 is 0 Å². The van der Waals surface area contributed by atoms with Crippen LogP contribution in [0.3, 0.4) is 0 Å². The quantitative estimate of drug-likeness (QED) is 0.561. The largest absolute Gasteiger partial charge is 0.453 e. The predicted octanol–water partition coefficient (Wildman–Crippen LogP) is 0.878. The lowest BCUT2D eigenvalue weighted by molar-refractivity contribution is -0.0272. The van der Waals surface area contributed by atoms with Crippen LogP contribution in [0.1, 0.15) is 13.8 Å². The molecule has 0 bridgehead atoms. The van der Waals surface area contributed by atoms with Crippen molar-refractivity contribution in [1.82, 2.24) is 0 Å². The number of rotatable bonds is 0. The van der Waals surface area contributed by atoms with Crippen LogP contribution in [-0.4, -0.2) is 11.8 Å². The van der Waals surface area contributed by atoms with Gasteiger partial charge in [-0.25, -0.2) is 0 Å². The van der Waals surface area contributed by atoms with Crippen LogP contribution >= 0.6 is 0 Å². The van der Waals surface area contributed by atoms with Gasteiger partial charge in [-0.2, -0.15) is 0 Å². The van der Waals surface area contributed by atoms with Gasteiger partial charge in [0, 0.05) is 6.92 Å². The molecule has 0 amide bonds. The Labute approximate surface area is 65.5 Å². The van der Waals surface area contributed by atoms with Gasteiger partial charge in [0.05, 0.1) is 5.54 Å². The third-order valence-electron chi connectivity index (χ3n) is 1.87. The fraction of sp³-hybridized carbons (Fsp3) is 0.500. The highest BCUT2D eigenvalue weighted by atomic mass is 16.7. The molecule has 2 aliphatic rings. The molecule has 11 heavy (non-hydrogen) atoms. The van der Waals surface area contributed by atoms with E-state index in [1.165, 1.54) is 0 Å². The summed E-state index contributed by atoms with van der Waals surface area (Å²) in [7, 11) is 0. The Balaban J connectivity index is 2.33. The van der Waals surface area contributed by atoms with E-state index in [9.17, 15) is 0 Å². The van der Waals surface area contributed by atoms with Gasteiger partial charge in [-0.3, -0.25) is 0 Å². The van der Waals surface area contributed by atoms with Crippen molar-refractivity contribution >= 4 is 0 Å². The van der Waals surface area contributed by atoms with Gasteiger partial charge in [0.2, 0.25) is 6.29 Å². The topological polar surface area (TPSA) is 44.5 Å². The molecule has 60 valence electrons. The molecule has 2 N–H and O–H groups in total. The summed E-state index contributed by atoms with van der Waals surface area (Å²) in [5.41, 5.74) is 5.40. The minimum atomic E-state index is -0.472. The van der Waals surface area contributed by atoms with Gasteiger partial charge in [0.1, 0.15) is 0 Å². The van der Waals surface area contributed by atoms with Crippen LogP contribution in [0.25, 0.3) is 0 Å². The van der Waals surface area contributed by atoms with Crippen LogP contribution in [0, 0.1) is 0 Å². The second kappa shape index (κ2) is 1.80. The summed E-state index contributed by atoms with van der Waals surface area (Å²) in [4.78, 5) is 0. The van der Waals surface area contributed by atoms with Crippen LogP contribution in [0.4, 0.5) is 0 Å². The van der Waals surface area contributed by atoms with Crippen molar-refractivity contribution in [2.24, 2.45) is 5.73 Å². The van der Waals surface area contributed by atoms with E-state index in [0.29, 0.717) is 0 Å². The fourth-order valence-electron chi connectivity index (χ4n) is 1.31. The molecular weight excluding hydrogens is 142 g/mol. The molecule has 3 heteroatoms. The number of hydrogen-bond acceptors (Lipinski definition) is 3.